The minimum atomic E-state index is -0.407. The maximum Gasteiger partial charge on any atom is 0.323 e. The van der Waals surface area contributed by atoms with Crippen LogP contribution in [0.15, 0.2) is 36.4 Å². The Hall–Kier alpha value is -1.42. The van der Waals surface area contributed by atoms with Crippen molar-refractivity contribution in [3.8, 4) is 0 Å². The smallest absolute Gasteiger partial charge is 0.308 e. The number of rotatable bonds is 2. The molecule has 0 radical (unpaired) electrons. The van der Waals surface area contributed by atoms with Crippen LogP contribution >= 0.6 is 34.8 Å². The van der Waals surface area contributed by atoms with Crippen LogP contribution in [0.25, 0.3) is 0 Å². The molecule has 2 aromatic carbocycles. The van der Waals surface area contributed by atoms with Crippen molar-refractivity contribution in [1.82, 2.24) is 0 Å². The Morgan fingerprint density at radius 2 is 1.38 bits per heavy atom. The predicted molar refractivity (Wildman–Crippen MR) is 108 cm³/mol. The van der Waals surface area contributed by atoms with E-state index in [1.807, 2.05) is 40.7 Å². The van der Waals surface area contributed by atoms with Gasteiger partial charge in [0.15, 0.2) is 0 Å². The Morgan fingerprint density at radius 3 is 1.96 bits per heavy atom. The van der Waals surface area contributed by atoms with E-state index in [9.17, 15) is 4.79 Å². The molecule has 0 aliphatic heterocycles. The molecule has 6 heteroatoms. The van der Waals surface area contributed by atoms with E-state index in [1.165, 1.54) is 0 Å². The molecule has 0 fully saturated rings. The van der Waals surface area contributed by atoms with Crippen molar-refractivity contribution < 1.29 is 4.79 Å². The van der Waals surface area contributed by atoms with E-state index in [0.717, 1.165) is 5.56 Å². The van der Waals surface area contributed by atoms with E-state index < -0.39 is 6.03 Å². The summed E-state index contributed by atoms with van der Waals surface area (Å²) in [5, 5.41) is 6.60. The molecule has 0 aromatic heterocycles. The molecule has 132 valence electrons. The Labute approximate surface area is 159 Å². The highest BCUT2D eigenvalue weighted by Crippen LogP contribution is 2.26. The van der Waals surface area contributed by atoms with Crippen molar-refractivity contribution >= 4 is 52.2 Å². The van der Waals surface area contributed by atoms with Gasteiger partial charge in [0.25, 0.3) is 0 Å². The summed E-state index contributed by atoms with van der Waals surface area (Å²) in [7, 11) is 0. The third kappa shape index (κ3) is 7.43. The lowest BCUT2D eigenvalue weighted by Gasteiger charge is -2.10. The summed E-state index contributed by atoms with van der Waals surface area (Å²) in [6, 6.07) is 9.81. The largest absolute Gasteiger partial charge is 0.323 e. The first kappa shape index (κ1) is 22.6. The van der Waals surface area contributed by atoms with Gasteiger partial charge in [-0.1, -0.05) is 68.6 Å². The van der Waals surface area contributed by atoms with Crippen molar-refractivity contribution in [2.45, 2.75) is 34.6 Å². The van der Waals surface area contributed by atoms with Crippen molar-refractivity contribution in [2.24, 2.45) is 0 Å². The SMILES string of the molecule is CC.CC.Cc1ccc(Cl)c(NC(=O)Nc2ccc(Cl)c(Cl)c2)c1. The minimum absolute atomic E-state index is 0.373. The van der Waals surface area contributed by atoms with Crippen LogP contribution in [-0.4, -0.2) is 6.03 Å². The first-order valence-corrected chi connectivity index (χ1v) is 8.88. The number of hydrogen-bond acceptors (Lipinski definition) is 1. The monoisotopic (exact) mass is 388 g/mol. The van der Waals surface area contributed by atoms with Crippen molar-refractivity contribution in [1.29, 1.82) is 0 Å². The third-order valence-corrected chi connectivity index (χ3v) is 3.62. The zero-order valence-corrected chi connectivity index (χ0v) is 16.8. The molecule has 2 rings (SSSR count). The van der Waals surface area contributed by atoms with Crippen molar-refractivity contribution in [3.63, 3.8) is 0 Å². The molecule has 0 aliphatic rings. The second kappa shape index (κ2) is 12.0. The summed E-state index contributed by atoms with van der Waals surface area (Å²) in [6.45, 7) is 9.92. The highest BCUT2D eigenvalue weighted by Gasteiger charge is 2.07. The highest BCUT2D eigenvalue weighted by atomic mass is 35.5. The molecule has 0 atom stereocenters. The molecule has 0 spiro atoms. The van der Waals surface area contributed by atoms with Crippen LogP contribution in [0.1, 0.15) is 33.3 Å². The number of amides is 2. The summed E-state index contributed by atoms with van der Waals surface area (Å²) in [5.74, 6) is 0. The van der Waals surface area contributed by atoms with E-state index in [4.69, 9.17) is 34.8 Å². The molecule has 3 nitrogen and oxygen atoms in total. The molecular weight excluding hydrogens is 367 g/mol. The topological polar surface area (TPSA) is 41.1 Å². The van der Waals surface area contributed by atoms with Gasteiger partial charge in [-0.15, -0.1) is 0 Å². The summed E-state index contributed by atoms with van der Waals surface area (Å²) >= 11 is 17.7. The molecule has 0 saturated carbocycles. The summed E-state index contributed by atoms with van der Waals surface area (Å²) < 4.78 is 0. The minimum Gasteiger partial charge on any atom is -0.308 e. The van der Waals surface area contributed by atoms with Gasteiger partial charge in [-0.2, -0.15) is 0 Å². The third-order valence-electron chi connectivity index (χ3n) is 2.55. The number of nitrogens with one attached hydrogen (secondary N) is 2. The second-order valence-corrected chi connectivity index (χ2v) is 5.41. The Balaban J connectivity index is 0.00000123. The summed E-state index contributed by atoms with van der Waals surface area (Å²) in [4.78, 5) is 11.9. The van der Waals surface area contributed by atoms with Crippen molar-refractivity contribution in [2.75, 3.05) is 10.6 Å². The predicted octanol–water partition coefficient (Wildman–Crippen LogP) is 7.65. The molecule has 2 aromatic rings. The lowest BCUT2D eigenvalue weighted by Crippen LogP contribution is -2.19. The van der Waals surface area contributed by atoms with E-state index in [1.54, 1.807) is 30.3 Å². The Morgan fingerprint density at radius 1 is 0.792 bits per heavy atom. The number of halogens is 3. The van der Waals surface area contributed by atoms with E-state index in [-0.39, 0.29) is 0 Å². The Bertz CT molecular complexity index is 661. The standard InChI is InChI=1S/C14H11Cl3N2O.2C2H6/c1-8-2-4-11(16)13(6-8)19-14(20)18-9-3-5-10(15)12(17)7-9;2*1-2/h2-7H,1H3,(H2,18,19,20);2*1-2H3. The molecular formula is C18H23Cl3N2O. The van der Waals surface area contributed by atoms with Crippen LogP contribution in [0, 0.1) is 6.92 Å². The summed E-state index contributed by atoms with van der Waals surface area (Å²) in [5.41, 5.74) is 2.09. The van der Waals surface area contributed by atoms with Gasteiger partial charge in [-0.25, -0.2) is 4.79 Å². The zero-order valence-electron chi connectivity index (χ0n) is 14.5. The number of benzene rings is 2. The normalized spacial score (nSPS) is 9.00. The molecule has 2 N–H and O–H groups in total. The van der Waals surface area contributed by atoms with Gasteiger partial charge < -0.3 is 10.6 Å². The lowest BCUT2D eigenvalue weighted by molar-refractivity contribution is 0.262. The number of carbonyl (C=O) groups excluding carboxylic acids is 1. The van der Waals surface area contributed by atoms with Gasteiger partial charge >= 0.3 is 6.03 Å². The lowest BCUT2D eigenvalue weighted by atomic mass is 10.2. The molecule has 0 heterocycles. The van der Waals surface area contributed by atoms with E-state index in [0.29, 0.717) is 26.4 Å². The molecule has 24 heavy (non-hydrogen) atoms. The zero-order chi connectivity index (χ0) is 18.7. The van der Waals surface area contributed by atoms with Crippen molar-refractivity contribution in [3.05, 3.63) is 57.0 Å². The fraction of sp³-hybridized carbons (Fsp3) is 0.278. The number of anilines is 2. The maximum atomic E-state index is 11.9. The number of hydrogen-bond donors (Lipinski definition) is 2. The molecule has 0 saturated heterocycles. The number of aryl methyl sites for hydroxylation is 1. The average Bonchev–Trinajstić information content (AvgIpc) is 2.58. The second-order valence-electron chi connectivity index (χ2n) is 4.19. The van der Waals surface area contributed by atoms with Crippen LogP contribution in [0.2, 0.25) is 15.1 Å². The van der Waals surface area contributed by atoms with Gasteiger partial charge in [0.05, 0.1) is 20.8 Å². The van der Waals surface area contributed by atoms with Crippen LogP contribution in [0.3, 0.4) is 0 Å². The van der Waals surface area contributed by atoms with Gasteiger partial charge in [0.1, 0.15) is 0 Å². The average molecular weight is 390 g/mol. The number of urea groups is 1. The van der Waals surface area contributed by atoms with Gasteiger partial charge in [-0.05, 0) is 42.8 Å². The Kier molecular flexibility index (Phi) is 11.3. The molecule has 2 amide bonds. The maximum absolute atomic E-state index is 11.9. The van der Waals surface area contributed by atoms with Crippen LogP contribution < -0.4 is 10.6 Å². The fourth-order valence-corrected chi connectivity index (χ4v) is 2.06. The van der Waals surface area contributed by atoms with Crippen LogP contribution in [0.5, 0.6) is 0 Å². The van der Waals surface area contributed by atoms with Gasteiger partial charge in [-0.3, -0.25) is 0 Å². The van der Waals surface area contributed by atoms with Gasteiger partial charge in [0.2, 0.25) is 0 Å². The highest BCUT2D eigenvalue weighted by molar-refractivity contribution is 6.42. The first-order valence-electron chi connectivity index (χ1n) is 7.75. The quantitative estimate of drug-likeness (QED) is 0.544. The fourth-order valence-electron chi connectivity index (χ4n) is 1.59. The number of carbonyl (C=O) groups is 1. The molecule has 0 unspecified atom stereocenters. The molecule has 0 bridgehead atoms. The van der Waals surface area contributed by atoms with Crippen LogP contribution in [0.4, 0.5) is 16.2 Å². The summed E-state index contributed by atoms with van der Waals surface area (Å²) in [6.07, 6.45) is 0. The first-order chi connectivity index (χ1) is 11.5. The van der Waals surface area contributed by atoms with Gasteiger partial charge in [0, 0.05) is 5.69 Å². The molecule has 0 aliphatic carbocycles. The van der Waals surface area contributed by atoms with E-state index in [2.05, 4.69) is 10.6 Å². The van der Waals surface area contributed by atoms with E-state index >= 15 is 0 Å². The van der Waals surface area contributed by atoms with Crippen LogP contribution in [-0.2, 0) is 0 Å².